The van der Waals surface area contributed by atoms with E-state index in [-0.39, 0.29) is 0 Å². The highest BCUT2D eigenvalue weighted by atomic mass is 16.2. The van der Waals surface area contributed by atoms with Gasteiger partial charge >= 0.3 is 5.91 Å². The molecule has 3 nitrogen and oxygen atoms in total. The second kappa shape index (κ2) is 4.46. The van der Waals surface area contributed by atoms with Gasteiger partial charge in [0.15, 0.2) is 0 Å². The maximum atomic E-state index is 11.1. The fraction of sp³-hybridized carbons (Fsp3) is 0.875. The Kier molecular flexibility index (Phi) is 3.52. The lowest BCUT2D eigenvalue weighted by Crippen LogP contribution is -3.12. The highest BCUT2D eigenvalue weighted by Crippen LogP contribution is 1.91. The Morgan fingerprint density at radius 1 is 1.45 bits per heavy atom. The molecule has 0 spiro atoms. The van der Waals surface area contributed by atoms with Crippen LogP contribution in [-0.4, -0.2) is 25.5 Å². The van der Waals surface area contributed by atoms with Crippen LogP contribution >= 0.6 is 0 Å². The summed E-state index contributed by atoms with van der Waals surface area (Å²) < 4.78 is 0. The second-order valence-corrected chi connectivity index (χ2v) is 3.13. The number of quaternary nitrogens is 1. The zero-order valence-corrected chi connectivity index (χ0v) is 6.94. The number of carbonyl (C=O) groups excluding carboxylic acids is 1. The molecule has 0 aromatic rings. The number of nitrogens with one attached hydrogen (secondary N) is 1. The molecule has 1 fully saturated rings. The van der Waals surface area contributed by atoms with Crippen LogP contribution in [0.1, 0.15) is 25.7 Å². The molecule has 1 rings (SSSR count). The molecule has 0 bridgehead atoms. The van der Waals surface area contributed by atoms with Gasteiger partial charge in [0, 0.05) is 6.42 Å². The Hall–Kier alpha value is -0.410. The molecule has 0 radical (unpaired) electrons. The minimum atomic E-state index is 0.405. The van der Waals surface area contributed by atoms with Gasteiger partial charge in [-0.1, -0.05) is 0 Å². The van der Waals surface area contributed by atoms with Crippen LogP contribution < -0.4 is 10.6 Å². The Bertz CT molecular complexity index is 136. The van der Waals surface area contributed by atoms with Crippen LogP contribution in [0.25, 0.3) is 0 Å². The van der Waals surface area contributed by atoms with Crippen molar-refractivity contribution in [1.82, 2.24) is 0 Å². The maximum Gasteiger partial charge on any atom is 0.312 e. The van der Waals surface area contributed by atoms with Gasteiger partial charge in [-0.05, 0) is 19.4 Å². The molecule has 1 saturated heterocycles. The molecule has 1 aliphatic rings. The fourth-order valence-electron chi connectivity index (χ4n) is 1.53. The number of rotatable bonds is 4. The summed E-state index contributed by atoms with van der Waals surface area (Å²) in [6.07, 6.45) is 4.02. The van der Waals surface area contributed by atoms with Gasteiger partial charge in [0.1, 0.15) is 0 Å². The molecule has 0 aliphatic carbocycles. The third-order valence-electron chi connectivity index (χ3n) is 2.21. The van der Waals surface area contributed by atoms with Crippen molar-refractivity contribution in [2.24, 2.45) is 5.73 Å². The van der Waals surface area contributed by atoms with Gasteiger partial charge in [0.25, 0.3) is 0 Å². The van der Waals surface area contributed by atoms with Crippen molar-refractivity contribution >= 4 is 5.91 Å². The average Bonchev–Trinajstić information content (AvgIpc) is 2.37. The van der Waals surface area contributed by atoms with Crippen LogP contribution in [0.15, 0.2) is 0 Å². The summed E-state index contributed by atoms with van der Waals surface area (Å²) >= 11 is 0. The standard InChI is InChI=1S/C8H16N2O/c9-5-1-2-6-10-7-3-4-8(10)11/h1-7,9H2/p+1. The monoisotopic (exact) mass is 157 g/mol. The van der Waals surface area contributed by atoms with Crippen LogP contribution in [-0.2, 0) is 4.79 Å². The molecule has 1 unspecified atom stereocenters. The lowest BCUT2D eigenvalue weighted by atomic mass is 10.3. The van der Waals surface area contributed by atoms with Crippen LogP contribution in [0.5, 0.6) is 0 Å². The van der Waals surface area contributed by atoms with Gasteiger partial charge in [0.05, 0.1) is 19.5 Å². The molecule has 0 aromatic carbocycles. The smallest absolute Gasteiger partial charge is 0.312 e. The van der Waals surface area contributed by atoms with E-state index in [0.29, 0.717) is 5.91 Å². The van der Waals surface area contributed by atoms with Crippen molar-refractivity contribution in [3.63, 3.8) is 0 Å². The zero-order valence-electron chi connectivity index (χ0n) is 6.94. The summed E-state index contributed by atoms with van der Waals surface area (Å²) in [5, 5.41) is 0. The van der Waals surface area contributed by atoms with Gasteiger partial charge in [-0.3, -0.25) is 4.90 Å². The molecular formula is C8H17N2O+. The van der Waals surface area contributed by atoms with Gasteiger partial charge < -0.3 is 5.73 Å². The summed E-state index contributed by atoms with van der Waals surface area (Å²) in [7, 11) is 0. The highest BCUT2D eigenvalue weighted by Gasteiger charge is 2.24. The van der Waals surface area contributed by atoms with Gasteiger partial charge in [-0.15, -0.1) is 0 Å². The van der Waals surface area contributed by atoms with E-state index in [1.165, 1.54) is 4.90 Å². The van der Waals surface area contributed by atoms with Crippen LogP contribution in [0, 0.1) is 0 Å². The quantitative estimate of drug-likeness (QED) is 0.511. The summed E-state index contributed by atoms with van der Waals surface area (Å²) in [5.74, 6) is 0.405. The Balaban J connectivity index is 2.10. The number of unbranched alkanes of at least 4 members (excludes halogenated alkanes) is 1. The summed E-state index contributed by atoms with van der Waals surface area (Å²) in [6.45, 7) is 2.79. The van der Waals surface area contributed by atoms with E-state index in [0.717, 1.165) is 45.3 Å². The number of hydrogen-bond acceptors (Lipinski definition) is 2. The normalized spacial score (nSPS) is 24.5. The summed E-state index contributed by atoms with van der Waals surface area (Å²) in [4.78, 5) is 12.3. The Morgan fingerprint density at radius 3 is 2.82 bits per heavy atom. The average molecular weight is 157 g/mol. The number of amides is 1. The van der Waals surface area contributed by atoms with E-state index in [1.54, 1.807) is 0 Å². The Labute approximate surface area is 67.5 Å². The molecular weight excluding hydrogens is 140 g/mol. The van der Waals surface area contributed by atoms with Gasteiger partial charge in [-0.25, -0.2) is 4.79 Å². The minimum Gasteiger partial charge on any atom is -0.330 e. The fourth-order valence-corrected chi connectivity index (χ4v) is 1.53. The van der Waals surface area contributed by atoms with Crippen molar-refractivity contribution in [1.29, 1.82) is 0 Å². The Morgan fingerprint density at radius 2 is 2.27 bits per heavy atom. The highest BCUT2D eigenvalue weighted by molar-refractivity contribution is 5.67. The van der Waals surface area contributed by atoms with E-state index < -0.39 is 0 Å². The van der Waals surface area contributed by atoms with Crippen molar-refractivity contribution in [2.45, 2.75) is 25.7 Å². The third-order valence-corrected chi connectivity index (χ3v) is 2.21. The molecule has 64 valence electrons. The molecule has 1 heterocycles. The summed E-state index contributed by atoms with van der Waals surface area (Å²) in [6, 6.07) is 0. The number of carbonyl (C=O) groups is 1. The number of nitrogens with two attached hydrogens (primary N) is 1. The van der Waals surface area contributed by atoms with Crippen molar-refractivity contribution < 1.29 is 9.69 Å². The molecule has 1 amide bonds. The molecule has 1 aliphatic heterocycles. The van der Waals surface area contributed by atoms with Crippen molar-refractivity contribution in [3.8, 4) is 0 Å². The SMILES string of the molecule is NCCCC[NH+]1CCCC1=O. The van der Waals surface area contributed by atoms with Crippen LogP contribution in [0.2, 0.25) is 0 Å². The van der Waals surface area contributed by atoms with Gasteiger partial charge in [-0.2, -0.15) is 0 Å². The van der Waals surface area contributed by atoms with E-state index in [9.17, 15) is 4.79 Å². The van der Waals surface area contributed by atoms with E-state index in [4.69, 9.17) is 5.73 Å². The first kappa shape index (κ1) is 8.68. The summed E-state index contributed by atoms with van der Waals surface area (Å²) in [5.41, 5.74) is 5.35. The number of hydrogen-bond donors (Lipinski definition) is 2. The van der Waals surface area contributed by atoms with Crippen molar-refractivity contribution in [2.75, 3.05) is 19.6 Å². The molecule has 11 heavy (non-hydrogen) atoms. The maximum absolute atomic E-state index is 11.1. The first-order valence-electron chi connectivity index (χ1n) is 4.42. The predicted molar refractivity (Wildman–Crippen MR) is 43.2 cm³/mol. The van der Waals surface area contributed by atoms with E-state index >= 15 is 0 Å². The lowest BCUT2D eigenvalue weighted by molar-refractivity contribution is -0.811. The van der Waals surface area contributed by atoms with E-state index in [2.05, 4.69) is 0 Å². The van der Waals surface area contributed by atoms with Crippen LogP contribution in [0.4, 0.5) is 0 Å². The lowest BCUT2D eigenvalue weighted by Gasteiger charge is -2.08. The topological polar surface area (TPSA) is 47.5 Å². The second-order valence-electron chi connectivity index (χ2n) is 3.13. The largest absolute Gasteiger partial charge is 0.330 e. The van der Waals surface area contributed by atoms with Gasteiger partial charge in [0.2, 0.25) is 0 Å². The zero-order chi connectivity index (χ0) is 8.10. The van der Waals surface area contributed by atoms with Crippen LogP contribution in [0.3, 0.4) is 0 Å². The molecule has 0 saturated carbocycles. The molecule has 0 aromatic heterocycles. The third kappa shape index (κ3) is 2.60. The molecule has 1 atom stereocenters. The number of likely N-dealkylation sites (tertiary alicyclic amines) is 1. The predicted octanol–water partition coefficient (Wildman–Crippen LogP) is -1.07. The van der Waals surface area contributed by atoms with E-state index in [1.807, 2.05) is 0 Å². The molecule has 3 heteroatoms. The molecule has 3 N–H and O–H groups in total. The first-order chi connectivity index (χ1) is 5.34. The first-order valence-corrected chi connectivity index (χ1v) is 4.42. The minimum absolute atomic E-state index is 0.405. The van der Waals surface area contributed by atoms with Crippen molar-refractivity contribution in [3.05, 3.63) is 0 Å².